The van der Waals surface area contributed by atoms with Gasteiger partial charge in [-0.2, -0.15) is 0 Å². The summed E-state index contributed by atoms with van der Waals surface area (Å²) in [5.41, 5.74) is 4.71. The highest BCUT2D eigenvalue weighted by Gasteiger charge is 2.32. The average Bonchev–Trinajstić information content (AvgIpc) is 2.79. The highest BCUT2D eigenvalue weighted by Crippen LogP contribution is 2.20. The van der Waals surface area contributed by atoms with Gasteiger partial charge in [0.15, 0.2) is 0 Å². The monoisotopic (exact) mass is 272 g/mol. The number of hydrogen-bond acceptors (Lipinski definition) is 4. The number of nitrogens with one attached hydrogen (secondary N) is 1. The Balaban J connectivity index is 2.23. The van der Waals surface area contributed by atoms with Crippen LogP contribution in [0.25, 0.3) is 0 Å². The third kappa shape index (κ3) is 5.89. The molecule has 0 spiro atoms. The lowest BCUT2D eigenvalue weighted by atomic mass is 9.88. The predicted octanol–water partition coefficient (Wildman–Crippen LogP) is 0.655. The van der Waals surface area contributed by atoms with Crippen LogP contribution in [-0.4, -0.2) is 42.9 Å². The number of hydrogen-bond donors (Lipinski definition) is 3. The largest absolute Gasteiger partial charge is 0.386 e. The minimum atomic E-state index is -0.871. The Morgan fingerprint density at radius 3 is 2.74 bits per heavy atom. The van der Waals surface area contributed by atoms with Gasteiger partial charge >= 0.3 is 0 Å². The molecule has 0 aromatic rings. The fourth-order valence-electron chi connectivity index (χ4n) is 2.43. The molecule has 1 aliphatic heterocycles. The third-order valence-electron chi connectivity index (χ3n) is 3.92. The van der Waals surface area contributed by atoms with Crippen LogP contribution >= 0.6 is 0 Å². The van der Waals surface area contributed by atoms with Crippen LogP contribution in [-0.2, 0) is 9.53 Å². The first-order valence-corrected chi connectivity index (χ1v) is 7.24. The van der Waals surface area contributed by atoms with Crippen molar-refractivity contribution < 1.29 is 14.6 Å². The summed E-state index contributed by atoms with van der Waals surface area (Å²) in [6, 6.07) is 0. The summed E-state index contributed by atoms with van der Waals surface area (Å²) < 4.78 is 5.14. The second-order valence-corrected chi connectivity index (χ2v) is 5.92. The van der Waals surface area contributed by atoms with Gasteiger partial charge in [0.05, 0.1) is 6.61 Å². The van der Waals surface area contributed by atoms with Gasteiger partial charge < -0.3 is 20.9 Å². The van der Waals surface area contributed by atoms with E-state index >= 15 is 0 Å². The van der Waals surface area contributed by atoms with Crippen LogP contribution in [0.5, 0.6) is 0 Å². The van der Waals surface area contributed by atoms with Gasteiger partial charge in [-0.3, -0.25) is 4.79 Å². The van der Waals surface area contributed by atoms with Gasteiger partial charge in [0.1, 0.15) is 5.60 Å². The van der Waals surface area contributed by atoms with Crippen LogP contribution in [0.4, 0.5) is 0 Å². The summed E-state index contributed by atoms with van der Waals surface area (Å²) in [6.07, 6.45) is 2.91. The highest BCUT2D eigenvalue weighted by atomic mass is 16.5. The summed E-state index contributed by atoms with van der Waals surface area (Å²) in [7, 11) is 0. The molecular weight excluding hydrogens is 244 g/mol. The van der Waals surface area contributed by atoms with Crippen molar-refractivity contribution in [3.05, 3.63) is 0 Å². The number of aliphatic hydroxyl groups is 1. The topological polar surface area (TPSA) is 84.6 Å². The van der Waals surface area contributed by atoms with E-state index in [1.54, 1.807) is 0 Å². The molecule has 0 aromatic carbocycles. The lowest BCUT2D eigenvalue weighted by molar-refractivity contribution is -0.122. The normalized spacial score (nSPS) is 24.7. The van der Waals surface area contributed by atoms with Crippen molar-refractivity contribution in [2.24, 2.45) is 17.6 Å². The maximum atomic E-state index is 11.8. The molecule has 5 heteroatoms. The molecule has 0 bridgehead atoms. The van der Waals surface area contributed by atoms with Gasteiger partial charge in [0.2, 0.25) is 5.91 Å². The Bertz CT molecular complexity index is 276. The number of nitrogens with two attached hydrogens (primary N) is 1. The van der Waals surface area contributed by atoms with Gasteiger partial charge in [-0.25, -0.2) is 0 Å². The quantitative estimate of drug-likeness (QED) is 0.606. The maximum Gasteiger partial charge on any atom is 0.220 e. The zero-order chi connectivity index (χ0) is 14.3. The van der Waals surface area contributed by atoms with E-state index in [9.17, 15) is 9.90 Å². The van der Waals surface area contributed by atoms with E-state index < -0.39 is 5.60 Å². The molecular formula is C14H28N2O3. The molecule has 2 unspecified atom stereocenters. The van der Waals surface area contributed by atoms with E-state index in [1.807, 2.05) is 0 Å². The lowest BCUT2D eigenvalue weighted by Gasteiger charge is -2.22. The van der Waals surface area contributed by atoms with E-state index in [4.69, 9.17) is 10.5 Å². The van der Waals surface area contributed by atoms with E-state index in [2.05, 4.69) is 19.2 Å². The Morgan fingerprint density at radius 1 is 1.47 bits per heavy atom. The van der Waals surface area contributed by atoms with Gasteiger partial charge in [-0.1, -0.05) is 13.8 Å². The third-order valence-corrected chi connectivity index (χ3v) is 3.92. The first-order chi connectivity index (χ1) is 8.97. The molecule has 1 saturated heterocycles. The summed E-state index contributed by atoms with van der Waals surface area (Å²) in [4.78, 5) is 11.8. The number of rotatable bonds is 8. The smallest absolute Gasteiger partial charge is 0.220 e. The number of carbonyl (C=O) groups excluding carboxylic acids is 1. The summed E-state index contributed by atoms with van der Waals surface area (Å²) in [5.74, 6) is 1.04. The standard InChI is InChI=1S/C14H28N2O3/c1-11(2)12(5-7-15)3-4-13(17)16-9-14(18)6-8-19-10-14/h11-12,18H,3-10,15H2,1-2H3,(H,16,17). The van der Waals surface area contributed by atoms with Crippen LogP contribution in [0, 0.1) is 11.8 Å². The Hall–Kier alpha value is -0.650. The van der Waals surface area contributed by atoms with E-state index in [1.165, 1.54) is 0 Å². The second kappa shape index (κ2) is 7.82. The zero-order valence-corrected chi connectivity index (χ0v) is 12.2. The summed E-state index contributed by atoms with van der Waals surface area (Å²) in [6.45, 7) is 6.16. The van der Waals surface area contributed by atoms with E-state index in [-0.39, 0.29) is 12.5 Å². The fraction of sp³-hybridized carbons (Fsp3) is 0.929. The summed E-state index contributed by atoms with van der Waals surface area (Å²) in [5, 5.41) is 12.8. The first-order valence-electron chi connectivity index (χ1n) is 7.24. The Kier molecular flexibility index (Phi) is 6.75. The molecule has 19 heavy (non-hydrogen) atoms. The Labute approximate surface area is 115 Å². The van der Waals surface area contributed by atoms with Crippen LogP contribution < -0.4 is 11.1 Å². The molecule has 1 rings (SSSR count). The molecule has 0 radical (unpaired) electrons. The number of ether oxygens (including phenoxy) is 1. The van der Waals surface area contributed by atoms with Crippen molar-refractivity contribution in [2.75, 3.05) is 26.3 Å². The predicted molar refractivity (Wildman–Crippen MR) is 74.6 cm³/mol. The van der Waals surface area contributed by atoms with Crippen molar-refractivity contribution in [1.82, 2.24) is 5.32 Å². The molecule has 4 N–H and O–H groups in total. The molecule has 2 atom stereocenters. The number of amides is 1. The first kappa shape index (κ1) is 16.4. The van der Waals surface area contributed by atoms with Crippen LogP contribution in [0.15, 0.2) is 0 Å². The average molecular weight is 272 g/mol. The molecule has 112 valence electrons. The van der Waals surface area contributed by atoms with Crippen molar-refractivity contribution >= 4 is 5.91 Å². The molecule has 5 nitrogen and oxygen atoms in total. The van der Waals surface area contributed by atoms with Crippen LogP contribution in [0.2, 0.25) is 0 Å². The van der Waals surface area contributed by atoms with Crippen LogP contribution in [0.1, 0.15) is 39.5 Å². The van der Waals surface area contributed by atoms with Gasteiger partial charge in [-0.15, -0.1) is 0 Å². The van der Waals surface area contributed by atoms with Gasteiger partial charge in [-0.05, 0) is 31.2 Å². The summed E-state index contributed by atoms with van der Waals surface area (Å²) >= 11 is 0. The van der Waals surface area contributed by atoms with Crippen molar-refractivity contribution in [3.8, 4) is 0 Å². The molecule has 0 aliphatic carbocycles. The molecule has 1 fully saturated rings. The molecule has 1 amide bonds. The molecule has 1 heterocycles. The zero-order valence-electron chi connectivity index (χ0n) is 12.2. The van der Waals surface area contributed by atoms with E-state index in [0.717, 1.165) is 12.8 Å². The van der Waals surface area contributed by atoms with E-state index in [0.29, 0.717) is 44.4 Å². The lowest BCUT2D eigenvalue weighted by Crippen LogP contribution is -2.43. The van der Waals surface area contributed by atoms with Crippen molar-refractivity contribution in [1.29, 1.82) is 0 Å². The molecule has 0 aromatic heterocycles. The fourth-order valence-corrected chi connectivity index (χ4v) is 2.43. The van der Waals surface area contributed by atoms with Crippen LogP contribution in [0.3, 0.4) is 0 Å². The SMILES string of the molecule is CC(C)C(CCN)CCC(=O)NCC1(O)CCOC1. The second-order valence-electron chi connectivity index (χ2n) is 5.92. The maximum absolute atomic E-state index is 11.8. The van der Waals surface area contributed by atoms with Gasteiger partial charge in [0.25, 0.3) is 0 Å². The molecule has 0 saturated carbocycles. The molecule has 1 aliphatic rings. The number of carbonyl (C=O) groups is 1. The van der Waals surface area contributed by atoms with Gasteiger partial charge in [0, 0.05) is 26.0 Å². The minimum absolute atomic E-state index is 0.00277. The minimum Gasteiger partial charge on any atom is -0.386 e. The van der Waals surface area contributed by atoms with Crippen molar-refractivity contribution in [3.63, 3.8) is 0 Å². The highest BCUT2D eigenvalue weighted by molar-refractivity contribution is 5.75. The Morgan fingerprint density at radius 2 is 2.21 bits per heavy atom. The van der Waals surface area contributed by atoms with Crippen molar-refractivity contribution in [2.45, 2.75) is 45.1 Å².